The highest BCUT2D eigenvalue weighted by Gasteiger charge is 2.34. The number of carbonyl (C=O) groups is 2. The van der Waals surface area contributed by atoms with E-state index >= 15 is 0 Å². The van der Waals surface area contributed by atoms with E-state index in [-0.39, 0.29) is 17.8 Å². The highest BCUT2D eigenvalue weighted by molar-refractivity contribution is 14.1. The van der Waals surface area contributed by atoms with Gasteiger partial charge in [0.2, 0.25) is 0 Å². The summed E-state index contributed by atoms with van der Waals surface area (Å²) in [5.74, 6) is -0.260. The fourth-order valence-corrected chi connectivity index (χ4v) is 3.47. The number of hydrogen-bond acceptors (Lipinski definition) is 4. The summed E-state index contributed by atoms with van der Waals surface area (Å²) in [4.78, 5) is 26.2. The van der Waals surface area contributed by atoms with E-state index in [1.165, 1.54) is 4.90 Å². The average Bonchev–Trinajstić information content (AvgIpc) is 2.82. The number of anilines is 1. The zero-order valence-corrected chi connectivity index (χ0v) is 15.9. The highest BCUT2D eigenvalue weighted by atomic mass is 127. The minimum absolute atomic E-state index is 0.165. The predicted octanol–water partition coefficient (Wildman–Crippen LogP) is 4.71. The minimum atomic E-state index is -0.260. The van der Waals surface area contributed by atoms with Crippen molar-refractivity contribution < 1.29 is 9.59 Å². The van der Waals surface area contributed by atoms with Crippen LogP contribution in [0.5, 0.6) is 0 Å². The van der Waals surface area contributed by atoms with Crippen molar-refractivity contribution >= 4 is 57.3 Å². The zero-order valence-electron chi connectivity index (χ0n) is 13.0. The molecule has 2 amide bonds. The molecule has 1 aliphatic rings. The van der Waals surface area contributed by atoms with Crippen LogP contribution in [0.25, 0.3) is 6.08 Å². The second-order valence-electron chi connectivity index (χ2n) is 5.37. The molecule has 0 unspecified atom stereocenters. The summed E-state index contributed by atoms with van der Waals surface area (Å²) in [5, 5.41) is 2.87. The summed E-state index contributed by atoms with van der Waals surface area (Å²) in [7, 11) is 0. The number of amides is 2. The van der Waals surface area contributed by atoms with E-state index in [0.717, 1.165) is 32.1 Å². The number of nitrogens with one attached hydrogen (secondary N) is 1. The van der Waals surface area contributed by atoms with Crippen molar-refractivity contribution in [2.45, 2.75) is 6.92 Å². The standard InChI is InChI=1S/C18H15IN2O2S/c1-12-3-2-4-15(9-12)20-11-21-17(22)16(24-18(21)23)10-13-5-7-14(19)8-6-13/h2-10,20H,11H2,1H3/b16-10-. The van der Waals surface area contributed by atoms with Gasteiger partial charge in [0.1, 0.15) is 0 Å². The molecule has 0 spiro atoms. The first kappa shape index (κ1) is 17.0. The van der Waals surface area contributed by atoms with Crippen molar-refractivity contribution in [1.82, 2.24) is 4.90 Å². The van der Waals surface area contributed by atoms with E-state index in [4.69, 9.17) is 0 Å². The van der Waals surface area contributed by atoms with Crippen LogP contribution in [0.15, 0.2) is 53.4 Å². The van der Waals surface area contributed by atoms with Gasteiger partial charge in [0.15, 0.2) is 0 Å². The summed E-state index contributed by atoms with van der Waals surface area (Å²) < 4.78 is 1.13. The van der Waals surface area contributed by atoms with Gasteiger partial charge >= 0.3 is 0 Å². The van der Waals surface area contributed by atoms with Crippen molar-refractivity contribution in [3.05, 3.63) is 68.1 Å². The van der Waals surface area contributed by atoms with Gasteiger partial charge in [-0.1, -0.05) is 24.3 Å². The topological polar surface area (TPSA) is 49.4 Å². The molecule has 0 aromatic heterocycles. The molecule has 24 heavy (non-hydrogen) atoms. The molecule has 122 valence electrons. The molecular weight excluding hydrogens is 435 g/mol. The summed E-state index contributed by atoms with van der Waals surface area (Å²) in [6.45, 7) is 2.16. The first-order chi connectivity index (χ1) is 11.5. The fourth-order valence-electron chi connectivity index (χ4n) is 2.27. The minimum Gasteiger partial charge on any atom is -0.367 e. The van der Waals surface area contributed by atoms with Crippen LogP contribution >= 0.6 is 34.4 Å². The van der Waals surface area contributed by atoms with E-state index < -0.39 is 0 Å². The van der Waals surface area contributed by atoms with E-state index in [9.17, 15) is 9.59 Å². The van der Waals surface area contributed by atoms with Crippen LogP contribution in [-0.4, -0.2) is 22.7 Å². The Bertz CT molecular complexity index is 818. The average molecular weight is 450 g/mol. The number of thioether (sulfide) groups is 1. The van der Waals surface area contributed by atoms with Gasteiger partial charge in [-0.15, -0.1) is 0 Å². The molecule has 1 saturated heterocycles. The Morgan fingerprint density at radius 1 is 1.17 bits per heavy atom. The Balaban J connectivity index is 1.71. The molecule has 0 atom stereocenters. The Morgan fingerprint density at radius 2 is 1.92 bits per heavy atom. The molecule has 1 N–H and O–H groups in total. The largest absolute Gasteiger partial charge is 0.367 e. The molecule has 3 rings (SSSR count). The third kappa shape index (κ3) is 3.99. The van der Waals surface area contributed by atoms with Gasteiger partial charge in [-0.05, 0) is 82.7 Å². The molecule has 1 heterocycles. The molecule has 6 heteroatoms. The first-order valence-corrected chi connectivity index (χ1v) is 9.24. The molecule has 1 fully saturated rings. The summed E-state index contributed by atoms with van der Waals surface area (Å²) in [6, 6.07) is 15.6. The smallest absolute Gasteiger partial charge is 0.295 e. The van der Waals surface area contributed by atoms with Crippen LogP contribution in [0, 0.1) is 10.5 Å². The lowest BCUT2D eigenvalue weighted by Crippen LogP contribution is -2.33. The van der Waals surface area contributed by atoms with Crippen molar-refractivity contribution in [2.75, 3.05) is 12.0 Å². The Labute approximate surface area is 158 Å². The van der Waals surface area contributed by atoms with Crippen molar-refractivity contribution in [3.63, 3.8) is 0 Å². The van der Waals surface area contributed by atoms with Crippen LogP contribution in [-0.2, 0) is 4.79 Å². The Morgan fingerprint density at radius 3 is 2.62 bits per heavy atom. The third-order valence-corrected chi connectivity index (χ3v) is 5.13. The summed E-state index contributed by atoms with van der Waals surface area (Å²) in [5.41, 5.74) is 2.91. The van der Waals surface area contributed by atoms with E-state index in [1.54, 1.807) is 6.08 Å². The second kappa shape index (κ2) is 7.40. The number of nitrogens with zero attached hydrogens (tertiary/aromatic N) is 1. The maximum atomic E-state index is 12.4. The number of imide groups is 1. The van der Waals surface area contributed by atoms with Gasteiger partial charge in [-0.3, -0.25) is 14.5 Å². The fraction of sp³-hybridized carbons (Fsp3) is 0.111. The van der Waals surface area contributed by atoms with Crippen molar-refractivity contribution in [3.8, 4) is 0 Å². The van der Waals surface area contributed by atoms with E-state index in [0.29, 0.717) is 4.91 Å². The number of hydrogen-bond donors (Lipinski definition) is 1. The number of carbonyl (C=O) groups excluding carboxylic acids is 2. The molecule has 0 radical (unpaired) electrons. The molecule has 4 nitrogen and oxygen atoms in total. The van der Waals surface area contributed by atoms with Crippen LogP contribution in [0.2, 0.25) is 0 Å². The van der Waals surface area contributed by atoms with E-state index in [2.05, 4.69) is 27.9 Å². The summed E-state index contributed by atoms with van der Waals surface area (Å²) in [6.07, 6.45) is 1.76. The predicted molar refractivity (Wildman–Crippen MR) is 107 cm³/mol. The molecule has 0 bridgehead atoms. The van der Waals surface area contributed by atoms with Gasteiger partial charge in [-0.25, -0.2) is 0 Å². The van der Waals surface area contributed by atoms with Gasteiger partial charge < -0.3 is 5.32 Å². The SMILES string of the molecule is Cc1cccc(NCN2C(=O)S/C(=C\c3ccc(I)cc3)C2=O)c1. The lowest BCUT2D eigenvalue weighted by molar-refractivity contribution is -0.122. The molecule has 2 aromatic rings. The van der Waals surface area contributed by atoms with Gasteiger partial charge in [0.25, 0.3) is 11.1 Å². The first-order valence-electron chi connectivity index (χ1n) is 7.34. The number of rotatable bonds is 4. The molecule has 1 aliphatic heterocycles. The van der Waals surface area contributed by atoms with Gasteiger partial charge in [-0.2, -0.15) is 0 Å². The second-order valence-corrected chi connectivity index (χ2v) is 7.60. The van der Waals surface area contributed by atoms with E-state index in [1.807, 2.05) is 55.5 Å². The third-order valence-electron chi connectivity index (χ3n) is 3.50. The van der Waals surface area contributed by atoms with Gasteiger partial charge in [0.05, 0.1) is 11.6 Å². The number of benzene rings is 2. The quantitative estimate of drug-likeness (QED) is 0.542. The van der Waals surface area contributed by atoms with Crippen LogP contribution in [0.3, 0.4) is 0 Å². The number of aryl methyl sites for hydroxylation is 1. The lowest BCUT2D eigenvalue weighted by Gasteiger charge is -2.14. The zero-order chi connectivity index (χ0) is 17.1. The van der Waals surface area contributed by atoms with Crippen LogP contribution in [0.1, 0.15) is 11.1 Å². The monoisotopic (exact) mass is 450 g/mol. The number of halogens is 1. The van der Waals surface area contributed by atoms with Gasteiger partial charge in [0, 0.05) is 9.26 Å². The maximum absolute atomic E-state index is 12.4. The molecule has 0 saturated carbocycles. The molecule has 2 aromatic carbocycles. The Hall–Kier alpha value is -1.80. The molecular formula is C18H15IN2O2S. The van der Waals surface area contributed by atoms with Crippen molar-refractivity contribution in [1.29, 1.82) is 0 Å². The Kier molecular flexibility index (Phi) is 5.25. The normalized spacial score (nSPS) is 16.1. The lowest BCUT2D eigenvalue weighted by atomic mass is 10.2. The maximum Gasteiger partial charge on any atom is 0.295 e. The van der Waals surface area contributed by atoms with Crippen LogP contribution < -0.4 is 5.32 Å². The molecule has 0 aliphatic carbocycles. The van der Waals surface area contributed by atoms with Crippen LogP contribution in [0.4, 0.5) is 10.5 Å². The summed E-state index contributed by atoms with van der Waals surface area (Å²) >= 11 is 3.20. The van der Waals surface area contributed by atoms with Crippen molar-refractivity contribution in [2.24, 2.45) is 0 Å². The highest BCUT2D eigenvalue weighted by Crippen LogP contribution is 2.32.